The molecule has 0 bridgehead atoms. The highest BCUT2D eigenvalue weighted by atomic mass is 35.5. The van der Waals surface area contributed by atoms with Crippen molar-refractivity contribution in [2.75, 3.05) is 30.3 Å². The summed E-state index contributed by atoms with van der Waals surface area (Å²) in [5.74, 6) is 1.07. The van der Waals surface area contributed by atoms with Crippen LogP contribution in [0.1, 0.15) is 36.9 Å². The quantitative estimate of drug-likeness (QED) is 0.591. The fourth-order valence-corrected chi connectivity index (χ4v) is 4.47. The number of rotatable bonds is 7. The Hall–Kier alpha value is -2.57. The van der Waals surface area contributed by atoms with Gasteiger partial charge in [0.1, 0.15) is 0 Å². The molecule has 1 aromatic heterocycles. The van der Waals surface area contributed by atoms with Crippen LogP contribution in [0.2, 0.25) is 5.02 Å². The lowest BCUT2D eigenvalue weighted by molar-refractivity contribution is 0.123. The van der Waals surface area contributed by atoms with Crippen molar-refractivity contribution < 1.29 is 0 Å². The smallest absolute Gasteiger partial charge is 0.241 e. The van der Waals surface area contributed by atoms with Gasteiger partial charge in [-0.05, 0) is 49.4 Å². The van der Waals surface area contributed by atoms with Gasteiger partial charge in [-0.2, -0.15) is 4.98 Å². The average Bonchev–Trinajstić information content (AvgIpc) is 3.22. The van der Waals surface area contributed by atoms with Gasteiger partial charge >= 0.3 is 0 Å². The van der Waals surface area contributed by atoms with E-state index >= 15 is 0 Å². The summed E-state index contributed by atoms with van der Waals surface area (Å²) >= 11 is 6.06. The van der Waals surface area contributed by atoms with E-state index in [9.17, 15) is 0 Å². The molecule has 2 aromatic carbocycles. The minimum absolute atomic E-state index is 0.300. The number of nitrogens with two attached hydrogens (primary N) is 1. The number of aromatic amines is 1. The van der Waals surface area contributed by atoms with Crippen molar-refractivity contribution in [2.45, 2.75) is 38.3 Å². The van der Waals surface area contributed by atoms with E-state index in [1.807, 2.05) is 12.1 Å². The molecule has 0 saturated carbocycles. The minimum Gasteiger partial charge on any atom is -0.366 e. The van der Waals surface area contributed by atoms with Crippen molar-refractivity contribution in [3.8, 4) is 0 Å². The number of piperidine rings is 1. The molecule has 2 heterocycles. The Labute approximate surface area is 183 Å². The van der Waals surface area contributed by atoms with Crippen molar-refractivity contribution in [3.05, 3.63) is 70.7 Å². The van der Waals surface area contributed by atoms with Crippen LogP contribution in [0.4, 0.5) is 11.9 Å². The fraction of sp³-hybridized carbons (Fsp3) is 0.391. The maximum absolute atomic E-state index is 6.06. The molecule has 7 heteroatoms. The summed E-state index contributed by atoms with van der Waals surface area (Å²) in [5.41, 5.74) is 8.35. The third kappa shape index (κ3) is 4.94. The van der Waals surface area contributed by atoms with Crippen molar-refractivity contribution in [3.63, 3.8) is 0 Å². The van der Waals surface area contributed by atoms with E-state index in [-0.39, 0.29) is 0 Å². The number of halogens is 1. The van der Waals surface area contributed by atoms with Gasteiger partial charge in [0, 0.05) is 36.7 Å². The molecule has 3 N–H and O–H groups in total. The van der Waals surface area contributed by atoms with Crippen molar-refractivity contribution in [1.29, 1.82) is 0 Å². The first-order chi connectivity index (χ1) is 14.6. The standard InChI is InChI=1S/C23H29ClN6/c1-17(19-5-3-2-4-6-19)30(16-11-18-7-9-20(24)10-8-18)21-12-14-29(15-13-21)23-26-22(25)27-28-23/h2-10,17,21H,11-16H2,1H3,(H3,25,26,27,28)/t17-/m1/s1. The number of nitrogens with zero attached hydrogens (tertiary/aromatic N) is 4. The summed E-state index contributed by atoms with van der Waals surface area (Å²) in [4.78, 5) is 9.19. The maximum atomic E-state index is 6.06. The van der Waals surface area contributed by atoms with Crippen molar-refractivity contribution >= 4 is 23.5 Å². The van der Waals surface area contributed by atoms with Gasteiger partial charge < -0.3 is 10.6 Å². The number of anilines is 2. The fourth-order valence-electron chi connectivity index (χ4n) is 4.34. The molecular weight excluding hydrogens is 396 g/mol. The zero-order valence-corrected chi connectivity index (χ0v) is 18.1. The molecule has 0 unspecified atom stereocenters. The third-order valence-corrected chi connectivity index (χ3v) is 6.33. The molecule has 0 aliphatic carbocycles. The topological polar surface area (TPSA) is 74.1 Å². The van der Waals surface area contributed by atoms with E-state index in [1.165, 1.54) is 11.1 Å². The van der Waals surface area contributed by atoms with Gasteiger partial charge in [-0.15, -0.1) is 5.10 Å². The molecule has 0 amide bonds. The number of aromatic nitrogens is 3. The second-order valence-corrected chi connectivity index (χ2v) is 8.37. The summed E-state index contributed by atoms with van der Waals surface area (Å²) in [6, 6.07) is 19.9. The van der Waals surface area contributed by atoms with Crippen LogP contribution in [0.25, 0.3) is 0 Å². The number of nitrogen functional groups attached to an aromatic ring is 1. The summed E-state index contributed by atoms with van der Waals surface area (Å²) in [5, 5.41) is 7.68. The SMILES string of the molecule is C[C@H](c1ccccc1)N(CCc1ccc(Cl)cc1)C1CCN(c2nc(N)n[nH]2)CC1. The molecule has 1 atom stereocenters. The van der Waals surface area contributed by atoms with Crippen LogP contribution in [0.15, 0.2) is 54.6 Å². The Morgan fingerprint density at radius 2 is 1.83 bits per heavy atom. The highest BCUT2D eigenvalue weighted by molar-refractivity contribution is 6.30. The van der Waals surface area contributed by atoms with Gasteiger partial charge in [0.25, 0.3) is 0 Å². The maximum Gasteiger partial charge on any atom is 0.241 e. The van der Waals surface area contributed by atoms with Crippen LogP contribution >= 0.6 is 11.6 Å². The van der Waals surface area contributed by atoms with E-state index < -0.39 is 0 Å². The van der Waals surface area contributed by atoms with Crippen LogP contribution in [-0.2, 0) is 6.42 Å². The van der Waals surface area contributed by atoms with Crippen molar-refractivity contribution in [1.82, 2.24) is 20.1 Å². The van der Waals surface area contributed by atoms with Crippen LogP contribution in [0.3, 0.4) is 0 Å². The zero-order valence-electron chi connectivity index (χ0n) is 17.3. The molecule has 6 nitrogen and oxygen atoms in total. The highest BCUT2D eigenvalue weighted by Gasteiger charge is 2.29. The third-order valence-electron chi connectivity index (χ3n) is 6.08. The molecule has 1 fully saturated rings. The number of hydrogen-bond acceptors (Lipinski definition) is 5. The first-order valence-electron chi connectivity index (χ1n) is 10.6. The lowest BCUT2D eigenvalue weighted by Crippen LogP contribution is -2.46. The molecule has 3 aromatic rings. The molecule has 0 radical (unpaired) electrons. The van der Waals surface area contributed by atoms with Gasteiger partial charge in [0.05, 0.1) is 0 Å². The van der Waals surface area contributed by atoms with Crippen LogP contribution in [-0.4, -0.2) is 45.8 Å². The Kier molecular flexibility index (Phi) is 6.55. The molecule has 158 valence electrons. The predicted molar refractivity (Wildman–Crippen MR) is 123 cm³/mol. The normalized spacial score (nSPS) is 16.2. The second-order valence-electron chi connectivity index (χ2n) is 7.94. The van der Waals surface area contributed by atoms with E-state index in [4.69, 9.17) is 17.3 Å². The molecule has 1 aliphatic rings. The molecule has 30 heavy (non-hydrogen) atoms. The van der Waals surface area contributed by atoms with Gasteiger partial charge in [-0.1, -0.05) is 54.1 Å². The van der Waals surface area contributed by atoms with E-state index in [2.05, 4.69) is 74.4 Å². The summed E-state index contributed by atoms with van der Waals surface area (Å²) in [6.07, 6.45) is 3.17. The monoisotopic (exact) mass is 424 g/mol. The molecule has 1 aliphatic heterocycles. The lowest BCUT2D eigenvalue weighted by Gasteiger charge is -2.41. The number of hydrogen-bond donors (Lipinski definition) is 2. The number of nitrogens with one attached hydrogen (secondary N) is 1. The van der Waals surface area contributed by atoms with Gasteiger partial charge in [0.15, 0.2) is 0 Å². The predicted octanol–water partition coefficient (Wildman–Crippen LogP) is 4.32. The minimum atomic E-state index is 0.300. The summed E-state index contributed by atoms with van der Waals surface area (Å²) < 4.78 is 0. The van der Waals surface area contributed by atoms with Gasteiger partial charge in [-0.25, -0.2) is 5.10 Å². The van der Waals surface area contributed by atoms with Crippen molar-refractivity contribution in [2.24, 2.45) is 0 Å². The number of benzene rings is 2. The zero-order chi connectivity index (χ0) is 20.9. The Balaban J connectivity index is 1.46. The molecule has 4 rings (SSSR count). The molecule has 0 spiro atoms. The Morgan fingerprint density at radius 3 is 2.47 bits per heavy atom. The highest BCUT2D eigenvalue weighted by Crippen LogP contribution is 2.29. The van der Waals surface area contributed by atoms with Gasteiger partial charge in [0.2, 0.25) is 11.9 Å². The lowest BCUT2D eigenvalue weighted by atomic mass is 9.97. The average molecular weight is 425 g/mol. The summed E-state index contributed by atoms with van der Waals surface area (Å²) in [7, 11) is 0. The van der Waals surface area contributed by atoms with E-state index in [0.717, 1.165) is 49.9 Å². The first kappa shape index (κ1) is 20.7. The van der Waals surface area contributed by atoms with Crippen LogP contribution in [0, 0.1) is 0 Å². The van der Waals surface area contributed by atoms with Gasteiger partial charge in [-0.3, -0.25) is 4.90 Å². The summed E-state index contributed by atoms with van der Waals surface area (Å²) in [6.45, 7) is 5.22. The largest absolute Gasteiger partial charge is 0.366 e. The van der Waals surface area contributed by atoms with Crippen LogP contribution in [0.5, 0.6) is 0 Å². The first-order valence-corrected chi connectivity index (χ1v) is 11.0. The second kappa shape index (κ2) is 9.49. The number of H-pyrrole nitrogens is 1. The Morgan fingerprint density at radius 1 is 1.13 bits per heavy atom. The molecule has 1 saturated heterocycles. The van der Waals surface area contributed by atoms with E-state index in [1.54, 1.807) is 0 Å². The van der Waals surface area contributed by atoms with E-state index in [0.29, 0.717) is 18.0 Å². The molecular formula is C23H29ClN6. The Bertz CT molecular complexity index is 918. The van der Waals surface area contributed by atoms with Crippen LogP contribution < -0.4 is 10.6 Å².